The van der Waals surface area contributed by atoms with Gasteiger partial charge in [-0.05, 0) is 65.1 Å². The van der Waals surface area contributed by atoms with E-state index in [1.807, 2.05) is 95.9 Å². The lowest BCUT2D eigenvalue weighted by molar-refractivity contribution is -0.178. The SMILES string of the molecule is COC(=O)C(CC#Cc1ccc2c(c1)[C@]1(C(=O)N2C(=O)N[C@H](C)c2ccccc2)[C@H](C(N)=O)[C@H]2C(=O)O[C@H](c3ccccc3)[C@H](c3ccccc3)N2[C@@H]1c1cccc(OCCO)c1)C(=O)OC. The Labute approximate surface area is 386 Å². The van der Waals surface area contributed by atoms with Gasteiger partial charge in [0.2, 0.25) is 11.8 Å². The number of morpholine rings is 1. The lowest BCUT2D eigenvalue weighted by Crippen LogP contribution is -2.55. The van der Waals surface area contributed by atoms with Crippen molar-refractivity contribution in [2.75, 3.05) is 32.3 Å². The summed E-state index contributed by atoms with van der Waals surface area (Å²) < 4.78 is 22.0. The number of hydrogen-bond donors (Lipinski definition) is 3. The number of methoxy groups -OCH3 is 2. The number of anilines is 1. The largest absolute Gasteiger partial charge is 0.491 e. The van der Waals surface area contributed by atoms with Crippen molar-refractivity contribution in [3.05, 3.63) is 167 Å². The van der Waals surface area contributed by atoms with E-state index >= 15 is 9.59 Å². The minimum absolute atomic E-state index is 0.0608. The predicted octanol–water partition coefficient (Wildman–Crippen LogP) is 5.38. The Morgan fingerprint density at radius 3 is 2.06 bits per heavy atom. The van der Waals surface area contributed by atoms with Crippen LogP contribution in [0, 0.1) is 23.7 Å². The summed E-state index contributed by atoms with van der Waals surface area (Å²) in [6.07, 6.45) is -1.26. The van der Waals surface area contributed by atoms with Gasteiger partial charge in [-0.3, -0.25) is 28.9 Å². The molecule has 8 rings (SSSR count). The maximum Gasteiger partial charge on any atom is 0.329 e. The number of carbonyl (C=O) groups is 6. The van der Waals surface area contributed by atoms with E-state index in [0.717, 1.165) is 24.7 Å². The fourth-order valence-corrected chi connectivity index (χ4v) is 9.83. The standard InChI is InChI=1S/C52H48N4O11/c1-31(33-16-7-4-8-17-33)54-51(63)55-40-26-25-32(15-13-24-38(47(59)64-2)48(60)65-3)29-39(40)52(50(55)62)41(46(53)58)43-49(61)67-44(35-20-11-6-12-21-35)42(34-18-9-5-10-19-34)56(43)45(52)36-22-14-23-37(30-36)66-28-27-57/h4-12,14,16-23,25-26,29-31,38,41-45,57H,24,27-28H2,1-3H3,(H2,53,58)(H,54,63)/t31-,41+,42+,43+,44-,45-,52+/m1/s1. The van der Waals surface area contributed by atoms with Crippen LogP contribution in [-0.2, 0) is 43.6 Å². The van der Waals surface area contributed by atoms with Crippen molar-refractivity contribution in [2.45, 2.75) is 49.0 Å². The third-order valence-corrected chi connectivity index (χ3v) is 12.7. The van der Waals surface area contributed by atoms with Crippen LogP contribution in [-0.4, -0.2) is 79.2 Å². The summed E-state index contributed by atoms with van der Waals surface area (Å²) in [5.74, 6) is -1.23. The number of cyclic esters (lactones) is 1. The first-order valence-electron chi connectivity index (χ1n) is 21.7. The molecule has 3 aliphatic rings. The molecule has 15 heteroatoms. The zero-order valence-corrected chi connectivity index (χ0v) is 36.9. The molecule has 0 aromatic heterocycles. The fraction of sp³-hybridized carbons (Fsp3) is 0.269. The number of aliphatic hydroxyl groups excluding tert-OH is 1. The molecule has 2 fully saturated rings. The smallest absolute Gasteiger partial charge is 0.329 e. The highest BCUT2D eigenvalue weighted by molar-refractivity contribution is 6.24. The van der Waals surface area contributed by atoms with Gasteiger partial charge in [-0.15, -0.1) is 0 Å². The topological polar surface area (TPSA) is 204 Å². The highest BCUT2D eigenvalue weighted by Crippen LogP contribution is 2.66. The van der Waals surface area contributed by atoms with E-state index in [1.165, 1.54) is 6.07 Å². The van der Waals surface area contributed by atoms with Gasteiger partial charge in [0.25, 0.3) is 0 Å². The van der Waals surface area contributed by atoms with E-state index < -0.39 is 83.3 Å². The molecule has 4 N–H and O–H groups in total. The Morgan fingerprint density at radius 2 is 1.43 bits per heavy atom. The second kappa shape index (κ2) is 19.4. The number of hydrogen-bond acceptors (Lipinski definition) is 12. The van der Waals surface area contributed by atoms with Gasteiger partial charge in [-0.25, -0.2) is 9.69 Å². The van der Waals surface area contributed by atoms with E-state index in [1.54, 1.807) is 43.3 Å². The van der Waals surface area contributed by atoms with Gasteiger partial charge >= 0.3 is 23.9 Å². The second-order valence-electron chi connectivity index (χ2n) is 16.4. The van der Waals surface area contributed by atoms with Crippen molar-refractivity contribution in [1.29, 1.82) is 0 Å². The number of benzene rings is 5. The van der Waals surface area contributed by atoms with Crippen molar-refractivity contribution < 1.29 is 52.8 Å². The second-order valence-corrected chi connectivity index (χ2v) is 16.4. The maximum absolute atomic E-state index is 16.3. The van der Waals surface area contributed by atoms with Crippen molar-refractivity contribution >= 4 is 41.4 Å². The number of imide groups is 1. The molecular formula is C52H48N4O11. The normalized spacial score (nSPS) is 22.2. The number of esters is 3. The van der Waals surface area contributed by atoms with Crippen LogP contribution in [0.4, 0.5) is 10.5 Å². The molecule has 5 aromatic carbocycles. The molecule has 2 saturated heterocycles. The maximum atomic E-state index is 16.3. The number of nitrogens with zero attached hydrogens (tertiary/aromatic N) is 2. The fourth-order valence-electron chi connectivity index (χ4n) is 9.83. The number of aliphatic hydroxyl groups is 1. The van der Waals surface area contributed by atoms with Crippen molar-refractivity contribution in [3.63, 3.8) is 0 Å². The summed E-state index contributed by atoms with van der Waals surface area (Å²) in [6.45, 7) is 1.41. The van der Waals surface area contributed by atoms with Crippen LogP contribution < -0.4 is 20.7 Å². The Kier molecular flexibility index (Phi) is 13.2. The van der Waals surface area contributed by atoms with E-state index in [2.05, 4.69) is 17.2 Å². The molecule has 3 aliphatic heterocycles. The highest BCUT2D eigenvalue weighted by atomic mass is 16.6. The lowest BCUT2D eigenvalue weighted by atomic mass is 9.65. The average Bonchev–Trinajstić information content (AvgIpc) is 3.81. The Morgan fingerprint density at radius 1 is 0.806 bits per heavy atom. The molecule has 7 atom stereocenters. The van der Waals surface area contributed by atoms with Gasteiger partial charge in [0.1, 0.15) is 29.9 Å². The van der Waals surface area contributed by atoms with Crippen LogP contribution in [0.2, 0.25) is 0 Å². The third kappa shape index (κ3) is 8.26. The molecule has 0 bridgehead atoms. The number of nitrogens with one attached hydrogen (secondary N) is 1. The number of primary amides is 1. The van der Waals surface area contributed by atoms with Crippen molar-refractivity contribution in [3.8, 4) is 17.6 Å². The molecule has 0 unspecified atom stereocenters. The van der Waals surface area contributed by atoms with Gasteiger partial charge in [-0.2, -0.15) is 0 Å². The molecule has 4 amide bonds. The van der Waals surface area contributed by atoms with Crippen LogP contribution in [0.15, 0.2) is 133 Å². The molecule has 342 valence electrons. The zero-order chi connectivity index (χ0) is 47.4. The lowest BCUT2D eigenvalue weighted by Gasteiger charge is -2.46. The first kappa shape index (κ1) is 45.8. The summed E-state index contributed by atoms with van der Waals surface area (Å²) in [6, 6.07) is 34.0. The molecule has 3 heterocycles. The van der Waals surface area contributed by atoms with Crippen LogP contribution in [0.25, 0.3) is 0 Å². The number of amides is 4. The Balaban J connectivity index is 1.40. The Hall–Kier alpha value is -7.80. The van der Waals surface area contributed by atoms with Crippen LogP contribution in [0.3, 0.4) is 0 Å². The molecule has 15 nitrogen and oxygen atoms in total. The molecular weight excluding hydrogens is 857 g/mol. The quantitative estimate of drug-likeness (QED) is 0.0625. The van der Waals surface area contributed by atoms with Crippen LogP contribution >= 0.6 is 0 Å². The van der Waals surface area contributed by atoms with Crippen molar-refractivity contribution in [1.82, 2.24) is 10.2 Å². The minimum atomic E-state index is -2.15. The summed E-state index contributed by atoms with van der Waals surface area (Å²) in [7, 11) is 2.28. The van der Waals surface area contributed by atoms with Crippen LogP contribution in [0.5, 0.6) is 5.75 Å². The molecule has 0 saturated carbocycles. The number of nitrogens with two attached hydrogens (primary N) is 1. The van der Waals surface area contributed by atoms with E-state index in [0.29, 0.717) is 22.4 Å². The average molecular weight is 905 g/mol. The molecule has 1 spiro atoms. The zero-order valence-electron chi connectivity index (χ0n) is 36.9. The number of ether oxygens (including phenoxy) is 4. The van der Waals surface area contributed by atoms with Gasteiger partial charge in [0, 0.05) is 12.0 Å². The van der Waals surface area contributed by atoms with Gasteiger partial charge in [0.05, 0.1) is 50.6 Å². The third-order valence-electron chi connectivity index (χ3n) is 12.7. The summed E-state index contributed by atoms with van der Waals surface area (Å²) in [5, 5.41) is 12.7. The summed E-state index contributed by atoms with van der Waals surface area (Å²) in [4.78, 5) is 88.6. The van der Waals surface area contributed by atoms with E-state index in [4.69, 9.17) is 24.7 Å². The molecule has 67 heavy (non-hydrogen) atoms. The van der Waals surface area contributed by atoms with Gasteiger partial charge in [-0.1, -0.05) is 115 Å². The first-order chi connectivity index (χ1) is 32.5. The first-order valence-corrected chi connectivity index (χ1v) is 21.7. The summed E-state index contributed by atoms with van der Waals surface area (Å²) >= 11 is 0. The predicted molar refractivity (Wildman–Crippen MR) is 243 cm³/mol. The minimum Gasteiger partial charge on any atom is -0.491 e. The molecule has 0 aliphatic carbocycles. The number of rotatable bonds is 12. The Bertz CT molecular complexity index is 2740. The van der Waals surface area contributed by atoms with Crippen molar-refractivity contribution in [2.24, 2.45) is 17.6 Å². The van der Waals surface area contributed by atoms with Gasteiger partial charge in [0.15, 0.2) is 5.92 Å². The monoisotopic (exact) mass is 904 g/mol. The van der Waals surface area contributed by atoms with Crippen LogP contribution in [0.1, 0.15) is 71.0 Å². The number of fused-ring (bicyclic) bond motifs is 3. The molecule has 0 radical (unpaired) electrons. The number of carbonyl (C=O) groups excluding carboxylic acids is 6. The van der Waals surface area contributed by atoms with E-state index in [-0.39, 0.29) is 36.4 Å². The number of urea groups is 1. The van der Waals surface area contributed by atoms with Gasteiger partial charge < -0.3 is 35.1 Å². The van der Waals surface area contributed by atoms with E-state index in [9.17, 15) is 24.3 Å². The highest BCUT2D eigenvalue weighted by Gasteiger charge is 2.75. The summed E-state index contributed by atoms with van der Waals surface area (Å²) in [5.41, 5.74) is 7.39. The molecule has 5 aromatic rings.